The van der Waals surface area contributed by atoms with Crippen LogP contribution < -0.4 is 15.4 Å². The van der Waals surface area contributed by atoms with E-state index in [4.69, 9.17) is 51.1 Å². The van der Waals surface area contributed by atoms with Gasteiger partial charge in [0.1, 0.15) is 11.6 Å². The number of nitriles is 1. The highest BCUT2D eigenvalue weighted by Crippen LogP contribution is 2.35. The number of rotatable bonds is 7. The van der Waals surface area contributed by atoms with E-state index in [2.05, 4.69) is 10.6 Å². The summed E-state index contributed by atoms with van der Waals surface area (Å²) in [4.78, 5) is 24.7. The minimum absolute atomic E-state index is 0.0809. The number of hydrogen-bond donors (Lipinski definition) is 2. The second kappa shape index (κ2) is 12.0. The lowest BCUT2D eigenvalue weighted by Gasteiger charge is -2.12. The molecule has 0 saturated carbocycles. The summed E-state index contributed by atoms with van der Waals surface area (Å²) in [5.74, 6) is -0.973. The van der Waals surface area contributed by atoms with Gasteiger partial charge in [0.15, 0.2) is 12.4 Å². The third kappa shape index (κ3) is 7.38. The first kappa shape index (κ1) is 26.4. The van der Waals surface area contributed by atoms with Crippen LogP contribution in [0.25, 0.3) is 6.08 Å². The molecule has 0 aromatic heterocycles. The van der Waals surface area contributed by atoms with Gasteiger partial charge in [-0.3, -0.25) is 9.59 Å². The zero-order chi connectivity index (χ0) is 25.5. The molecule has 2 amide bonds. The van der Waals surface area contributed by atoms with E-state index < -0.39 is 11.8 Å². The van der Waals surface area contributed by atoms with Gasteiger partial charge in [-0.15, -0.1) is 0 Å². The third-order valence-corrected chi connectivity index (χ3v) is 5.86. The largest absolute Gasteiger partial charge is 0.481 e. The van der Waals surface area contributed by atoms with E-state index >= 15 is 0 Å². The fraction of sp³-hybridized carbons (Fsp3) is 0.0800. The molecule has 3 aromatic carbocycles. The second-order valence-corrected chi connectivity index (χ2v) is 8.90. The first-order chi connectivity index (χ1) is 16.7. The van der Waals surface area contributed by atoms with Gasteiger partial charge >= 0.3 is 0 Å². The molecule has 0 aliphatic rings. The topological polar surface area (TPSA) is 91.2 Å². The number of nitrogens with zero attached hydrogens (tertiary/aromatic N) is 1. The van der Waals surface area contributed by atoms with Gasteiger partial charge in [0, 0.05) is 11.4 Å². The van der Waals surface area contributed by atoms with Crippen molar-refractivity contribution in [3.8, 4) is 11.8 Å². The summed E-state index contributed by atoms with van der Waals surface area (Å²) in [6.45, 7) is 1.55. The number of amides is 2. The lowest BCUT2D eigenvalue weighted by Crippen LogP contribution is -2.20. The van der Waals surface area contributed by atoms with Crippen LogP contribution in [0.4, 0.5) is 11.4 Å². The number of carbonyl (C=O) groups is 2. The Kier molecular flexibility index (Phi) is 9.02. The molecule has 0 bridgehead atoms. The maximum absolute atomic E-state index is 12.5. The average Bonchev–Trinajstić information content (AvgIpc) is 2.80. The number of nitrogens with one attached hydrogen (secondary N) is 2. The van der Waals surface area contributed by atoms with Crippen molar-refractivity contribution in [1.29, 1.82) is 5.26 Å². The van der Waals surface area contributed by atoms with Gasteiger partial charge < -0.3 is 15.4 Å². The summed E-state index contributed by atoms with van der Waals surface area (Å²) < 4.78 is 5.48. The molecule has 0 unspecified atom stereocenters. The highest BCUT2D eigenvalue weighted by molar-refractivity contribution is 6.42. The fourth-order valence-electron chi connectivity index (χ4n) is 2.86. The molecular weight excluding hydrogens is 532 g/mol. The summed E-state index contributed by atoms with van der Waals surface area (Å²) in [6.07, 6.45) is 1.35. The molecule has 0 atom stereocenters. The summed E-state index contributed by atoms with van der Waals surface area (Å²) >= 11 is 24.4. The van der Waals surface area contributed by atoms with Crippen molar-refractivity contribution in [2.75, 3.05) is 17.2 Å². The van der Waals surface area contributed by atoms with E-state index in [-0.39, 0.29) is 28.0 Å². The number of carbonyl (C=O) groups excluding carboxylic acids is 2. The molecule has 0 radical (unpaired) electrons. The van der Waals surface area contributed by atoms with E-state index in [0.29, 0.717) is 27.0 Å². The molecule has 3 rings (SSSR count). The molecule has 3 aromatic rings. The van der Waals surface area contributed by atoms with Crippen molar-refractivity contribution >= 4 is 75.7 Å². The van der Waals surface area contributed by atoms with Crippen LogP contribution in [0, 0.1) is 18.3 Å². The van der Waals surface area contributed by atoms with E-state index in [1.165, 1.54) is 24.3 Å². The molecule has 6 nitrogen and oxygen atoms in total. The molecule has 0 fully saturated rings. The van der Waals surface area contributed by atoms with E-state index in [0.717, 1.165) is 5.56 Å². The standard InChI is InChI=1S/C25H17Cl4N3O3/c1-14-2-4-17(5-3-14)32-25(34)16(12-30)8-15-9-21(28)24(22(29)10-15)35-13-23(33)31-18-6-7-19(26)20(27)11-18/h2-11H,13H2,1H3,(H,31,33)(H,32,34)/b16-8-. The maximum Gasteiger partial charge on any atom is 0.266 e. The zero-order valence-corrected chi connectivity index (χ0v) is 21.2. The van der Waals surface area contributed by atoms with Gasteiger partial charge in [-0.1, -0.05) is 64.1 Å². The predicted molar refractivity (Wildman–Crippen MR) is 140 cm³/mol. The normalized spacial score (nSPS) is 10.9. The monoisotopic (exact) mass is 547 g/mol. The van der Waals surface area contributed by atoms with Crippen LogP contribution in [0.3, 0.4) is 0 Å². The number of hydrogen-bond acceptors (Lipinski definition) is 4. The summed E-state index contributed by atoms with van der Waals surface area (Å²) in [5, 5.41) is 15.6. The second-order valence-electron chi connectivity index (χ2n) is 7.27. The Labute approximate surface area is 222 Å². The molecule has 0 aliphatic carbocycles. The predicted octanol–water partition coefficient (Wildman–Crippen LogP) is 7.17. The Morgan fingerprint density at radius 2 is 1.51 bits per heavy atom. The molecule has 0 spiro atoms. The third-order valence-electron chi connectivity index (χ3n) is 4.56. The van der Waals surface area contributed by atoms with E-state index in [1.807, 2.05) is 25.1 Å². The summed E-state index contributed by atoms with van der Waals surface area (Å²) in [6, 6.07) is 16.6. The van der Waals surface area contributed by atoms with Crippen molar-refractivity contribution in [3.05, 3.63) is 91.4 Å². The van der Waals surface area contributed by atoms with E-state index in [1.54, 1.807) is 24.3 Å². The molecule has 10 heteroatoms. The first-order valence-electron chi connectivity index (χ1n) is 10.0. The molecule has 0 heterocycles. The Balaban J connectivity index is 1.68. The van der Waals surface area contributed by atoms with Crippen molar-refractivity contribution < 1.29 is 14.3 Å². The number of anilines is 2. The molecule has 35 heavy (non-hydrogen) atoms. The minimum atomic E-state index is -0.581. The first-order valence-corrected chi connectivity index (χ1v) is 11.5. The Bertz CT molecular complexity index is 1330. The number of halogens is 4. The average molecular weight is 549 g/mol. The minimum Gasteiger partial charge on any atom is -0.481 e. The molecule has 0 saturated heterocycles. The smallest absolute Gasteiger partial charge is 0.266 e. The molecule has 178 valence electrons. The van der Waals surface area contributed by atoms with Gasteiger partial charge in [-0.25, -0.2) is 0 Å². The highest BCUT2D eigenvalue weighted by atomic mass is 35.5. The van der Waals surface area contributed by atoms with Gasteiger partial charge in [-0.05, 0) is 61.0 Å². The van der Waals surface area contributed by atoms with Crippen LogP contribution in [0.2, 0.25) is 20.1 Å². The van der Waals surface area contributed by atoms with Crippen molar-refractivity contribution in [2.45, 2.75) is 6.92 Å². The van der Waals surface area contributed by atoms with Gasteiger partial charge in [0.2, 0.25) is 0 Å². The lowest BCUT2D eigenvalue weighted by molar-refractivity contribution is -0.118. The molecule has 0 aliphatic heterocycles. The van der Waals surface area contributed by atoms with Crippen LogP contribution >= 0.6 is 46.4 Å². The van der Waals surface area contributed by atoms with Crippen molar-refractivity contribution in [1.82, 2.24) is 0 Å². The lowest BCUT2D eigenvalue weighted by atomic mass is 10.1. The number of ether oxygens (including phenoxy) is 1. The SMILES string of the molecule is Cc1ccc(NC(=O)/C(C#N)=C\c2cc(Cl)c(OCC(=O)Nc3ccc(Cl)c(Cl)c3)c(Cl)c2)cc1. The summed E-state index contributed by atoms with van der Waals surface area (Å²) in [7, 11) is 0. The Morgan fingerprint density at radius 1 is 0.886 bits per heavy atom. The van der Waals surface area contributed by atoms with Gasteiger partial charge in [0.05, 0.1) is 20.1 Å². The molecule has 2 N–H and O–H groups in total. The van der Waals surface area contributed by atoms with Crippen LogP contribution in [0.1, 0.15) is 11.1 Å². The quantitative estimate of drug-likeness (QED) is 0.242. The van der Waals surface area contributed by atoms with Crippen molar-refractivity contribution in [2.24, 2.45) is 0 Å². The fourth-order valence-corrected chi connectivity index (χ4v) is 3.77. The van der Waals surface area contributed by atoms with Crippen LogP contribution in [0.5, 0.6) is 5.75 Å². The molecular formula is C25H17Cl4N3O3. The van der Waals surface area contributed by atoms with Gasteiger partial charge in [-0.2, -0.15) is 5.26 Å². The van der Waals surface area contributed by atoms with Gasteiger partial charge in [0.25, 0.3) is 11.8 Å². The van der Waals surface area contributed by atoms with Crippen LogP contribution in [-0.2, 0) is 9.59 Å². The van der Waals surface area contributed by atoms with Crippen molar-refractivity contribution in [3.63, 3.8) is 0 Å². The van der Waals surface area contributed by atoms with Crippen LogP contribution in [0.15, 0.2) is 60.2 Å². The Hall–Kier alpha value is -3.21. The number of benzene rings is 3. The zero-order valence-electron chi connectivity index (χ0n) is 18.2. The van der Waals surface area contributed by atoms with E-state index in [9.17, 15) is 14.9 Å². The van der Waals surface area contributed by atoms with Crippen LogP contribution in [-0.4, -0.2) is 18.4 Å². The Morgan fingerprint density at radius 3 is 2.11 bits per heavy atom. The summed E-state index contributed by atoms with van der Waals surface area (Å²) in [5.41, 5.74) is 2.30. The highest BCUT2D eigenvalue weighted by Gasteiger charge is 2.14. The maximum atomic E-state index is 12.5. The number of aryl methyl sites for hydroxylation is 1.